The summed E-state index contributed by atoms with van der Waals surface area (Å²) in [5, 5.41) is 7.05. The predicted octanol–water partition coefficient (Wildman–Crippen LogP) is 3.16. The summed E-state index contributed by atoms with van der Waals surface area (Å²) in [6, 6.07) is 0.908. The van der Waals surface area contributed by atoms with Gasteiger partial charge < -0.3 is 15.5 Å². The molecule has 0 aromatic carbocycles. The number of likely N-dealkylation sites (tertiary alicyclic amines) is 1. The van der Waals surface area contributed by atoms with Crippen LogP contribution in [-0.2, 0) is 4.79 Å². The topological polar surface area (TPSA) is 56.7 Å². The molecule has 0 aromatic heterocycles. The molecule has 5 heteroatoms. The summed E-state index contributed by atoms with van der Waals surface area (Å²) in [6.07, 6.45) is 8.88. The zero-order valence-corrected chi connectivity index (χ0v) is 16.7. The van der Waals surface area contributed by atoms with Gasteiger partial charge in [0.15, 0.2) is 5.96 Å². The lowest BCUT2D eigenvalue weighted by molar-refractivity contribution is -0.129. The van der Waals surface area contributed by atoms with Crippen molar-refractivity contribution in [2.24, 2.45) is 16.8 Å². The Bertz CT molecular complexity index is 441. The Morgan fingerprint density at radius 1 is 1.28 bits per heavy atom. The molecular formula is C20H38N4O. The quantitative estimate of drug-likeness (QED) is 0.548. The van der Waals surface area contributed by atoms with Crippen molar-refractivity contribution in [3.05, 3.63) is 0 Å². The molecule has 1 heterocycles. The maximum absolute atomic E-state index is 11.9. The molecule has 2 aliphatic rings. The molecule has 2 fully saturated rings. The van der Waals surface area contributed by atoms with Crippen LogP contribution in [0.5, 0.6) is 0 Å². The van der Waals surface area contributed by atoms with E-state index in [2.05, 4.69) is 41.3 Å². The molecule has 2 N–H and O–H groups in total. The van der Waals surface area contributed by atoms with E-state index in [1.54, 1.807) is 0 Å². The first-order valence-electron chi connectivity index (χ1n) is 10.3. The summed E-state index contributed by atoms with van der Waals surface area (Å²) in [6.45, 7) is 8.66. The van der Waals surface area contributed by atoms with Gasteiger partial charge in [-0.1, -0.05) is 20.8 Å². The van der Waals surface area contributed by atoms with E-state index in [0.29, 0.717) is 18.0 Å². The molecule has 0 spiro atoms. The monoisotopic (exact) mass is 350 g/mol. The van der Waals surface area contributed by atoms with Crippen molar-refractivity contribution in [2.45, 2.75) is 84.2 Å². The zero-order chi connectivity index (χ0) is 18.2. The number of aliphatic imine (C=N–C) groups is 1. The maximum atomic E-state index is 11.9. The van der Waals surface area contributed by atoms with Crippen molar-refractivity contribution in [2.75, 3.05) is 20.1 Å². The normalized spacial score (nSPS) is 26.2. The Morgan fingerprint density at radius 2 is 2.00 bits per heavy atom. The van der Waals surface area contributed by atoms with Crippen LogP contribution in [0, 0.1) is 11.8 Å². The number of guanidine groups is 1. The van der Waals surface area contributed by atoms with Crippen LogP contribution in [-0.4, -0.2) is 49.0 Å². The fraction of sp³-hybridized carbons (Fsp3) is 0.900. The molecular weight excluding hydrogens is 312 g/mol. The summed E-state index contributed by atoms with van der Waals surface area (Å²) in [4.78, 5) is 18.4. The van der Waals surface area contributed by atoms with Crippen molar-refractivity contribution in [1.29, 1.82) is 0 Å². The average Bonchev–Trinajstić information content (AvgIpc) is 3.04. The summed E-state index contributed by atoms with van der Waals surface area (Å²) < 4.78 is 0. The second kappa shape index (κ2) is 10.0. The minimum atomic E-state index is 0.330. The summed E-state index contributed by atoms with van der Waals surface area (Å²) in [7, 11) is 1.84. The van der Waals surface area contributed by atoms with E-state index in [-0.39, 0.29) is 0 Å². The fourth-order valence-corrected chi connectivity index (χ4v) is 4.31. The number of rotatable bonds is 7. The summed E-state index contributed by atoms with van der Waals surface area (Å²) >= 11 is 0. The first kappa shape index (κ1) is 20.1. The van der Waals surface area contributed by atoms with Crippen LogP contribution in [0.1, 0.15) is 72.1 Å². The lowest BCUT2D eigenvalue weighted by Crippen LogP contribution is -2.46. The van der Waals surface area contributed by atoms with Crippen LogP contribution in [0.15, 0.2) is 4.99 Å². The number of nitrogens with zero attached hydrogens (tertiary/aromatic N) is 2. The number of hydrogen-bond donors (Lipinski definition) is 2. The third kappa shape index (κ3) is 5.89. The molecule has 0 radical (unpaired) electrons. The summed E-state index contributed by atoms with van der Waals surface area (Å²) in [5.41, 5.74) is 0. The van der Waals surface area contributed by atoms with Gasteiger partial charge >= 0.3 is 0 Å². The van der Waals surface area contributed by atoms with Crippen LogP contribution in [0.2, 0.25) is 0 Å². The molecule has 2 rings (SSSR count). The molecule has 0 aromatic rings. The van der Waals surface area contributed by atoms with Gasteiger partial charge in [-0.25, -0.2) is 0 Å². The largest absolute Gasteiger partial charge is 0.356 e. The van der Waals surface area contributed by atoms with E-state index in [9.17, 15) is 4.79 Å². The molecule has 1 unspecified atom stereocenters. The molecule has 1 aliphatic carbocycles. The molecule has 0 bridgehead atoms. The van der Waals surface area contributed by atoms with Crippen LogP contribution >= 0.6 is 0 Å². The first-order valence-corrected chi connectivity index (χ1v) is 10.3. The number of nitrogens with one attached hydrogen (secondary N) is 2. The molecule has 1 atom stereocenters. The Kier molecular flexibility index (Phi) is 8.04. The molecule has 25 heavy (non-hydrogen) atoms. The maximum Gasteiger partial charge on any atom is 0.222 e. The minimum absolute atomic E-state index is 0.330. The smallest absolute Gasteiger partial charge is 0.222 e. The number of carbonyl (C=O) groups is 1. The molecule has 1 aliphatic heterocycles. The Hall–Kier alpha value is -1.26. The number of hydrogen-bond acceptors (Lipinski definition) is 2. The highest BCUT2D eigenvalue weighted by Crippen LogP contribution is 2.29. The van der Waals surface area contributed by atoms with Gasteiger partial charge in [0.25, 0.3) is 0 Å². The van der Waals surface area contributed by atoms with Crippen molar-refractivity contribution in [3.8, 4) is 0 Å². The van der Waals surface area contributed by atoms with E-state index in [1.807, 2.05) is 7.05 Å². The van der Waals surface area contributed by atoms with Crippen molar-refractivity contribution in [1.82, 2.24) is 15.5 Å². The van der Waals surface area contributed by atoms with Gasteiger partial charge in [0, 0.05) is 38.6 Å². The number of carbonyl (C=O) groups excluding carboxylic acids is 1. The van der Waals surface area contributed by atoms with E-state index in [0.717, 1.165) is 56.6 Å². The van der Waals surface area contributed by atoms with Gasteiger partial charge in [-0.2, -0.15) is 0 Å². The molecule has 144 valence electrons. The van der Waals surface area contributed by atoms with E-state index in [1.165, 1.54) is 25.7 Å². The van der Waals surface area contributed by atoms with Crippen LogP contribution < -0.4 is 10.6 Å². The number of amides is 1. The second-order valence-corrected chi connectivity index (χ2v) is 8.04. The van der Waals surface area contributed by atoms with Crippen LogP contribution in [0.3, 0.4) is 0 Å². The summed E-state index contributed by atoms with van der Waals surface area (Å²) in [5.74, 6) is 2.93. The zero-order valence-electron chi connectivity index (χ0n) is 16.7. The third-order valence-corrected chi connectivity index (χ3v) is 6.07. The SMILES string of the molecule is CCC(CCNC(=NC)NC1CCC(C(C)C)CC1)N1CCCC1=O. The highest BCUT2D eigenvalue weighted by molar-refractivity contribution is 5.80. The van der Waals surface area contributed by atoms with E-state index >= 15 is 0 Å². The van der Waals surface area contributed by atoms with Gasteiger partial charge in [0.05, 0.1) is 0 Å². The minimum Gasteiger partial charge on any atom is -0.356 e. The van der Waals surface area contributed by atoms with Crippen molar-refractivity contribution >= 4 is 11.9 Å². The highest BCUT2D eigenvalue weighted by Gasteiger charge is 2.27. The lowest BCUT2D eigenvalue weighted by Gasteiger charge is -2.32. The van der Waals surface area contributed by atoms with Crippen LogP contribution in [0.25, 0.3) is 0 Å². The Balaban J connectivity index is 1.70. The lowest BCUT2D eigenvalue weighted by atomic mass is 9.80. The Labute approximate surface area is 154 Å². The van der Waals surface area contributed by atoms with Gasteiger partial charge in [-0.3, -0.25) is 9.79 Å². The molecule has 1 saturated heterocycles. The van der Waals surface area contributed by atoms with Gasteiger partial charge in [-0.15, -0.1) is 0 Å². The fourth-order valence-electron chi connectivity index (χ4n) is 4.31. The van der Waals surface area contributed by atoms with E-state index < -0.39 is 0 Å². The highest BCUT2D eigenvalue weighted by atomic mass is 16.2. The standard InChI is InChI=1S/C20H38N4O/c1-5-18(24-14-6-7-19(24)25)12-13-22-20(21-4)23-17-10-8-16(9-11-17)15(2)3/h15-18H,5-14H2,1-4H3,(H2,21,22,23). The van der Waals surface area contributed by atoms with E-state index in [4.69, 9.17) is 0 Å². The van der Waals surface area contributed by atoms with Gasteiger partial charge in [0.1, 0.15) is 0 Å². The second-order valence-electron chi connectivity index (χ2n) is 8.04. The van der Waals surface area contributed by atoms with Crippen LogP contribution in [0.4, 0.5) is 0 Å². The third-order valence-electron chi connectivity index (χ3n) is 6.07. The van der Waals surface area contributed by atoms with Crippen molar-refractivity contribution < 1.29 is 4.79 Å². The molecule has 5 nitrogen and oxygen atoms in total. The molecule has 1 amide bonds. The van der Waals surface area contributed by atoms with Gasteiger partial charge in [-0.05, 0) is 56.8 Å². The first-order chi connectivity index (χ1) is 12.0. The van der Waals surface area contributed by atoms with Crippen molar-refractivity contribution in [3.63, 3.8) is 0 Å². The Morgan fingerprint density at radius 3 is 2.52 bits per heavy atom. The predicted molar refractivity (Wildman–Crippen MR) is 105 cm³/mol. The average molecular weight is 351 g/mol. The molecule has 1 saturated carbocycles. The van der Waals surface area contributed by atoms with Gasteiger partial charge in [0.2, 0.25) is 5.91 Å².